The number of hydrogen-bond acceptors (Lipinski definition) is 1. The predicted molar refractivity (Wildman–Crippen MR) is 43.7 cm³/mol. The zero-order chi connectivity index (χ0) is 10.1. The van der Waals surface area contributed by atoms with Crippen LogP contribution in [0.1, 0.15) is 32.6 Å². The van der Waals surface area contributed by atoms with Crippen molar-refractivity contribution in [3.8, 4) is 0 Å². The molecule has 1 unspecified atom stereocenters. The molecule has 0 heterocycles. The van der Waals surface area contributed by atoms with E-state index in [1.165, 1.54) is 6.92 Å². The Balaban J connectivity index is 2.59. The molecular weight excluding hydrogens is 178 g/mol. The van der Waals surface area contributed by atoms with Gasteiger partial charge in [0.25, 0.3) is 5.92 Å². The molecule has 0 amide bonds. The molecule has 13 heavy (non-hydrogen) atoms. The van der Waals surface area contributed by atoms with Crippen molar-refractivity contribution in [3.63, 3.8) is 0 Å². The Bertz CT molecular complexity index is 200. The van der Waals surface area contributed by atoms with Crippen molar-refractivity contribution >= 4 is 5.97 Å². The van der Waals surface area contributed by atoms with E-state index in [2.05, 4.69) is 0 Å². The molecule has 0 aromatic heterocycles. The highest BCUT2D eigenvalue weighted by Gasteiger charge is 2.45. The third kappa shape index (κ3) is 2.64. The van der Waals surface area contributed by atoms with Crippen LogP contribution < -0.4 is 0 Å². The van der Waals surface area contributed by atoms with Gasteiger partial charge in [0.2, 0.25) is 0 Å². The number of carbonyl (C=O) groups is 1. The number of halogens is 2. The average Bonchev–Trinajstić information content (AvgIpc) is 2.82. The first-order valence-electron chi connectivity index (χ1n) is 4.58. The zero-order valence-electron chi connectivity index (χ0n) is 7.59. The van der Waals surface area contributed by atoms with Gasteiger partial charge in [-0.05, 0) is 12.3 Å². The summed E-state index contributed by atoms with van der Waals surface area (Å²) in [7, 11) is 0. The van der Waals surface area contributed by atoms with Gasteiger partial charge in [-0.15, -0.1) is 0 Å². The van der Waals surface area contributed by atoms with Gasteiger partial charge in [-0.2, -0.15) is 0 Å². The van der Waals surface area contributed by atoms with Crippen molar-refractivity contribution in [2.75, 3.05) is 0 Å². The number of aliphatic carboxylic acids is 1. The monoisotopic (exact) mass is 192 g/mol. The summed E-state index contributed by atoms with van der Waals surface area (Å²) in [6.07, 6.45) is 1.56. The van der Waals surface area contributed by atoms with E-state index in [1.54, 1.807) is 0 Å². The third-order valence-corrected chi connectivity index (χ3v) is 2.55. The van der Waals surface area contributed by atoms with Crippen LogP contribution in [-0.4, -0.2) is 17.0 Å². The van der Waals surface area contributed by atoms with Crippen molar-refractivity contribution in [1.29, 1.82) is 0 Å². The number of carboxylic acid groups (broad SMARTS) is 1. The van der Waals surface area contributed by atoms with Crippen molar-refractivity contribution in [2.45, 2.75) is 38.5 Å². The third-order valence-electron chi connectivity index (χ3n) is 2.55. The fourth-order valence-electron chi connectivity index (χ4n) is 1.39. The molecule has 0 radical (unpaired) electrons. The Morgan fingerprint density at radius 2 is 2.15 bits per heavy atom. The molecule has 1 rings (SSSR count). The van der Waals surface area contributed by atoms with E-state index in [1.807, 2.05) is 0 Å². The van der Waals surface area contributed by atoms with Crippen LogP contribution in [0.2, 0.25) is 0 Å². The number of hydrogen-bond donors (Lipinski definition) is 1. The largest absolute Gasteiger partial charge is 0.481 e. The minimum absolute atomic E-state index is 0.135. The van der Waals surface area contributed by atoms with Gasteiger partial charge in [0.05, 0.1) is 0 Å². The zero-order valence-corrected chi connectivity index (χ0v) is 7.59. The second-order valence-electron chi connectivity index (χ2n) is 3.68. The van der Waals surface area contributed by atoms with Crippen LogP contribution in [0.25, 0.3) is 0 Å². The van der Waals surface area contributed by atoms with Gasteiger partial charge in [0.1, 0.15) is 5.92 Å². The molecule has 1 aliphatic carbocycles. The Labute approximate surface area is 75.9 Å². The fourth-order valence-corrected chi connectivity index (χ4v) is 1.39. The minimum atomic E-state index is -3.05. The van der Waals surface area contributed by atoms with Crippen LogP contribution in [0.15, 0.2) is 0 Å². The molecular formula is C9H14F2O2. The number of alkyl halides is 2. The Kier molecular flexibility index (Phi) is 2.88. The van der Waals surface area contributed by atoms with E-state index < -0.39 is 24.2 Å². The summed E-state index contributed by atoms with van der Waals surface area (Å²) in [5.74, 6) is -5.67. The Hall–Kier alpha value is -0.670. The summed E-state index contributed by atoms with van der Waals surface area (Å²) in [5, 5.41) is 8.64. The van der Waals surface area contributed by atoms with Crippen LogP contribution >= 0.6 is 0 Å². The second-order valence-corrected chi connectivity index (χ2v) is 3.68. The molecule has 0 bridgehead atoms. The standard InChI is InChI=1S/C9H14F2O2/c1-2-9(10,11)7(8(12)13)5-6-3-4-6/h6-7H,2-5H2,1H3,(H,12,13). The lowest BCUT2D eigenvalue weighted by Crippen LogP contribution is -2.34. The lowest BCUT2D eigenvalue weighted by molar-refractivity contribution is -0.158. The molecule has 0 spiro atoms. The molecule has 1 fully saturated rings. The summed E-state index contributed by atoms with van der Waals surface area (Å²) in [6.45, 7) is 1.32. The van der Waals surface area contributed by atoms with E-state index in [-0.39, 0.29) is 12.3 Å². The molecule has 4 heteroatoms. The summed E-state index contributed by atoms with van der Waals surface area (Å²) < 4.78 is 26.2. The SMILES string of the molecule is CCC(F)(F)C(CC1CC1)C(=O)O. The van der Waals surface area contributed by atoms with Crippen LogP contribution in [-0.2, 0) is 4.79 Å². The first-order chi connectivity index (χ1) is 5.97. The molecule has 1 saturated carbocycles. The Morgan fingerprint density at radius 3 is 2.46 bits per heavy atom. The lowest BCUT2D eigenvalue weighted by Gasteiger charge is -2.21. The molecule has 0 aliphatic heterocycles. The molecule has 0 aromatic carbocycles. The topological polar surface area (TPSA) is 37.3 Å². The quantitative estimate of drug-likeness (QED) is 0.726. The molecule has 76 valence electrons. The summed E-state index contributed by atoms with van der Waals surface area (Å²) in [4.78, 5) is 10.6. The summed E-state index contributed by atoms with van der Waals surface area (Å²) >= 11 is 0. The minimum Gasteiger partial charge on any atom is -0.481 e. The van der Waals surface area contributed by atoms with E-state index >= 15 is 0 Å². The molecule has 1 aliphatic rings. The smallest absolute Gasteiger partial charge is 0.312 e. The van der Waals surface area contributed by atoms with Crippen LogP contribution in [0.4, 0.5) is 8.78 Å². The predicted octanol–water partition coefficient (Wildman–Crippen LogP) is 2.53. The van der Waals surface area contributed by atoms with Crippen LogP contribution in [0.3, 0.4) is 0 Å². The van der Waals surface area contributed by atoms with Gasteiger partial charge in [-0.25, -0.2) is 8.78 Å². The van der Waals surface area contributed by atoms with Crippen molar-refractivity contribution in [2.24, 2.45) is 11.8 Å². The normalized spacial score (nSPS) is 19.9. The molecule has 2 nitrogen and oxygen atoms in total. The van der Waals surface area contributed by atoms with Gasteiger partial charge in [0, 0.05) is 6.42 Å². The van der Waals surface area contributed by atoms with Crippen LogP contribution in [0.5, 0.6) is 0 Å². The highest BCUT2D eigenvalue weighted by atomic mass is 19.3. The van der Waals surface area contributed by atoms with Crippen molar-refractivity contribution in [3.05, 3.63) is 0 Å². The van der Waals surface area contributed by atoms with Gasteiger partial charge in [0.15, 0.2) is 0 Å². The number of carboxylic acids is 1. The Morgan fingerprint density at radius 1 is 1.62 bits per heavy atom. The van der Waals surface area contributed by atoms with E-state index in [0.717, 1.165) is 12.8 Å². The first-order valence-corrected chi connectivity index (χ1v) is 4.58. The fraction of sp³-hybridized carbons (Fsp3) is 0.889. The van der Waals surface area contributed by atoms with Gasteiger partial charge < -0.3 is 5.11 Å². The van der Waals surface area contributed by atoms with Gasteiger partial charge in [-0.3, -0.25) is 4.79 Å². The second kappa shape index (κ2) is 3.60. The van der Waals surface area contributed by atoms with Gasteiger partial charge >= 0.3 is 5.97 Å². The molecule has 0 aromatic rings. The number of rotatable bonds is 5. The maximum atomic E-state index is 13.1. The first kappa shape index (κ1) is 10.4. The molecule has 1 N–H and O–H groups in total. The lowest BCUT2D eigenvalue weighted by atomic mass is 9.93. The molecule has 0 saturated heterocycles. The highest BCUT2D eigenvalue weighted by molar-refractivity contribution is 5.71. The van der Waals surface area contributed by atoms with E-state index in [9.17, 15) is 13.6 Å². The highest BCUT2D eigenvalue weighted by Crippen LogP contribution is 2.41. The molecule has 1 atom stereocenters. The van der Waals surface area contributed by atoms with Crippen molar-refractivity contribution in [1.82, 2.24) is 0 Å². The van der Waals surface area contributed by atoms with Gasteiger partial charge in [-0.1, -0.05) is 19.8 Å². The van der Waals surface area contributed by atoms with Crippen LogP contribution in [0, 0.1) is 11.8 Å². The summed E-state index contributed by atoms with van der Waals surface area (Å²) in [5.41, 5.74) is 0. The maximum Gasteiger partial charge on any atom is 0.312 e. The maximum absolute atomic E-state index is 13.1. The van der Waals surface area contributed by atoms with E-state index in [0.29, 0.717) is 0 Å². The van der Waals surface area contributed by atoms with E-state index in [4.69, 9.17) is 5.11 Å². The van der Waals surface area contributed by atoms with Crippen molar-refractivity contribution < 1.29 is 18.7 Å². The summed E-state index contributed by atoms with van der Waals surface area (Å²) in [6, 6.07) is 0. The average molecular weight is 192 g/mol.